The summed E-state index contributed by atoms with van der Waals surface area (Å²) in [4.78, 5) is 114. The molecule has 10 rings (SSSR count). The number of hydrogen-bond acceptors (Lipinski definition) is 43. The van der Waals surface area contributed by atoms with Gasteiger partial charge < -0.3 is 167 Å². The van der Waals surface area contributed by atoms with Crippen molar-refractivity contribution in [3.63, 3.8) is 0 Å². The molecule has 812 valence electrons. The maximum atomic E-state index is 11.6. The summed E-state index contributed by atoms with van der Waals surface area (Å²) in [5.41, 5.74) is 1.84. The van der Waals surface area contributed by atoms with Crippen LogP contribution in [0, 0.1) is 54.3 Å². The molecule has 29 N–H and O–H groups in total. The SMILES string of the molecule is C.C.CC(C)C(=O)c1cc(O)c(O)c(O)c1.CC(C)C(=O)c1cc(O)c(O)c(O)c1.CC(C)C(=O)c1cc(O)c(O)c(O)c1.CC(C)C(=O)c1cc(O)c(O)c(O)c1.CC(C)C(=O)c1cc(O)c(O)c(O)c1.CC(C)COC(=O)c1cc(O)c(O)c(O)c1.CC(C)COC(=O)c1cc(O)c(O)c(O)c1.CC(C)OC(=O)c1cc(O)c(O)c(O)c1.CC(C)OC(=O)c1cc(O)c(O)c(O)c1.Cc1cc(C(=O)C(C)C)cc(O)c1O. The van der Waals surface area contributed by atoms with E-state index < -0.39 is 179 Å². The molecular weight excluding hydrogens is 1950 g/mol. The molecule has 0 saturated heterocycles. The molecule has 0 amide bonds. The van der Waals surface area contributed by atoms with E-state index in [1.807, 2.05) is 27.7 Å². The van der Waals surface area contributed by atoms with Crippen LogP contribution in [0.5, 0.6) is 167 Å². The quantitative estimate of drug-likeness (QED) is 0.0130. The smallest absolute Gasteiger partial charge is 0.338 e. The van der Waals surface area contributed by atoms with Gasteiger partial charge in [-0.25, -0.2) is 19.2 Å². The Labute approximate surface area is 852 Å². The van der Waals surface area contributed by atoms with E-state index in [-0.39, 0.29) is 184 Å². The van der Waals surface area contributed by atoms with Crippen LogP contribution in [0.4, 0.5) is 0 Å². The first-order chi connectivity index (χ1) is 67.2. The highest BCUT2D eigenvalue weighted by molar-refractivity contribution is 6.02. The molecule has 0 aliphatic carbocycles. The van der Waals surface area contributed by atoms with E-state index in [9.17, 15) is 78.6 Å². The van der Waals surface area contributed by atoms with Gasteiger partial charge in [0.1, 0.15) is 0 Å². The number of carbonyl (C=O) groups is 10. The second kappa shape index (κ2) is 60.0. The highest BCUT2D eigenvalue weighted by Crippen LogP contribution is 2.44. The number of hydrogen-bond donors (Lipinski definition) is 29. The molecule has 10 aromatic rings. The summed E-state index contributed by atoms with van der Waals surface area (Å²) in [6, 6.07) is 22.5. The highest BCUT2D eigenvalue weighted by atomic mass is 16.6. The molecule has 0 atom stereocenters. The first-order valence-corrected chi connectivity index (χ1v) is 44.0. The number of esters is 4. The Hall–Kier alpha value is -17.7. The number of benzene rings is 10. The van der Waals surface area contributed by atoms with E-state index in [0.717, 1.165) is 109 Å². The van der Waals surface area contributed by atoms with Crippen LogP contribution in [0.1, 0.15) is 262 Å². The Bertz CT molecular complexity index is 5300. The van der Waals surface area contributed by atoms with Gasteiger partial charge in [-0.15, -0.1) is 0 Å². The fourth-order valence-electron chi connectivity index (χ4n) is 10.7. The number of phenolic OH excluding ortho intramolecular Hbond substituents is 29. The maximum Gasteiger partial charge on any atom is 0.338 e. The van der Waals surface area contributed by atoms with Gasteiger partial charge in [0, 0.05) is 68.9 Å². The standard InChI is InChI=1S/2C11H14O5.C11H14O3.2C10H12O5.5C10H12O4.2CH4/c2*1-6(2)5-16-11(15)7-3-8(12)10(14)9(13)4-7;1-6(2)10(13)8-4-7(3)11(14)9(12)5-8;2*1-5(2)15-10(14)6-3-7(11)9(13)8(12)4-6;5*1-5(2)9(13)6-3-7(11)10(14)8(12)4-6;;/h2*3-4,6,12-14H,5H2,1-2H3;4-6,12,14H,1-3H3;2*3-5,11-13H,1-2H3;5*3-5,11-12,14H,1-2H3;2*1H4. The summed E-state index contributed by atoms with van der Waals surface area (Å²) in [5, 5.41) is 265. The van der Waals surface area contributed by atoms with Gasteiger partial charge in [-0.1, -0.05) is 126 Å². The lowest BCUT2D eigenvalue weighted by molar-refractivity contribution is 0.0366. The second-order valence-electron chi connectivity index (χ2n) is 34.9. The van der Waals surface area contributed by atoms with Gasteiger partial charge in [-0.05, 0) is 173 Å². The van der Waals surface area contributed by atoms with Crippen LogP contribution >= 0.6 is 0 Å². The minimum Gasteiger partial charge on any atom is -0.504 e. The van der Waals surface area contributed by atoms with Crippen LogP contribution in [0.25, 0.3) is 0 Å². The summed E-state index contributed by atoms with van der Waals surface area (Å²) < 4.78 is 19.5. The van der Waals surface area contributed by atoms with Crippen molar-refractivity contribution in [2.45, 2.75) is 172 Å². The Balaban J connectivity index is 0. The third-order valence-corrected chi connectivity index (χ3v) is 18.5. The fourth-order valence-corrected chi connectivity index (χ4v) is 10.7. The Morgan fingerprint density at radius 2 is 0.297 bits per heavy atom. The van der Waals surface area contributed by atoms with Gasteiger partial charge in [0.15, 0.2) is 201 Å². The Kier molecular flexibility index (Phi) is 53.7. The first-order valence-electron chi connectivity index (χ1n) is 44.0. The van der Waals surface area contributed by atoms with Gasteiger partial charge in [0.25, 0.3) is 0 Å². The van der Waals surface area contributed by atoms with Crippen LogP contribution in [-0.4, -0.2) is 232 Å². The van der Waals surface area contributed by atoms with Crippen LogP contribution < -0.4 is 0 Å². The van der Waals surface area contributed by atoms with E-state index in [1.165, 1.54) is 6.07 Å². The molecule has 0 aliphatic heterocycles. The van der Waals surface area contributed by atoms with Crippen molar-refractivity contribution in [2.75, 3.05) is 13.2 Å². The van der Waals surface area contributed by atoms with Crippen molar-refractivity contribution in [3.05, 3.63) is 183 Å². The Morgan fingerprint density at radius 3 is 0.412 bits per heavy atom. The van der Waals surface area contributed by atoms with Crippen LogP contribution in [0.3, 0.4) is 0 Å². The van der Waals surface area contributed by atoms with Crippen LogP contribution in [0.2, 0.25) is 0 Å². The summed E-state index contributed by atoms with van der Waals surface area (Å²) >= 11 is 0. The number of phenols is 29. The maximum absolute atomic E-state index is 11.6. The predicted octanol–water partition coefficient (Wildman–Crippen LogP) is 17.7. The van der Waals surface area contributed by atoms with Gasteiger partial charge in [0.05, 0.1) is 47.7 Å². The van der Waals surface area contributed by atoms with Gasteiger partial charge in [0.2, 0.25) is 0 Å². The molecular formula is C105H134O43. The molecule has 0 spiro atoms. The van der Waals surface area contributed by atoms with Gasteiger partial charge in [-0.3, -0.25) is 28.8 Å². The normalized spacial score (nSPS) is 10.3. The van der Waals surface area contributed by atoms with E-state index in [4.69, 9.17) is 136 Å². The molecule has 0 bridgehead atoms. The van der Waals surface area contributed by atoms with Crippen molar-refractivity contribution >= 4 is 58.6 Å². The molecule has 0 aliphatic rings. The highest BCUT2D eigenvalue weighted by Gasteiger charge is 2.26. The molecule has 0 heterocycles. The number of carbonyl (C=O) groups excluding carboxylic acids is 10. The summed E-state index contributed by atoms with van der Waals surface area (Å²) in [7, 11) is 0. The molecule has 0 radical (unpaired) electrons. The number of aryl methyl sites for hydroxylation is 1. The summed E-state index contributed by atoms with van der Waals surface area (Å²) in [6.45, 7) is 37.1. The fraction of sp³-hybridized carbons (Fsp3) is 0.333. The lowest BCUT2D eigenvalue weighted by Gasteiger charge is -2.09. The average molecular weight is 2080 g/mol. The van der Waals surface area contributed by atoms with Crippen LogP contribution in [-0.2, 0) is 18.9 Å². The number of ketones is 6. The third-order valence-electron chi connectivity index (χ3n) is 18.5. The lowest BCUT2D eigenvalue weighted by atomic mass is 9.99. The minimum atomic E-state index is -0.671. The molecule has 43 nitrogen and oxygen atoms in total. The topological polar surface area (TPSA) is 794 Å². The van der Waals surface area contributed by atoms with Crippen molar-refractivity contribution < 1.29 is 215 Å². The van der Waals surface area contributed by atoms with Crippen molar-refractivity contribution in [1.82, 2.24) is 0 Å². The minimum absolute atomic E-state index is 0. The molecule has 0 saturated carbocycles. The number of ether oxygens (including phenoxy) is 4. The summed E-state index contributed by atoms with van der Waals surface area (Å²) in [6.07, 6.45) is -0.592. The van der Waals surface area contributed by atoms with E-state index >= 15 is 0 Å². The van der Waals surface area contributed by atoms with Crippen molar-refractivity contribution in [1.29, 1.82) is 0 Å². The second-order valence-corrected chi connectivity index (χ2v) is 34.9. The molecule has 43 heteroatoms. The number of Topliss-reactive ketones (excluding diaryl/α,β-unsaturated/α-hetero) is 6. The molecule has 148 heavy (non-hydrogen) atoms. The molecule has 0 fully saturated rings. The van der Waals surface area contributed by atoms with E-state index in [2.05, 4.69) is 0 Å². The monoisotopic (exact) mass is 2080 g/mol. The van der Waals surface area contributed by atoms with Crippen molar-refractivity contribution in [3.8, 4) is 167 Å². The number of rotatable bonds is 22. The number of aromatic hydroxyl groups is 29. The first kappa shape index (κ1) is 132. The van der Waals surface area contributed by atoms with E-state index in [1.54, 1.807) is 124 Å². The molecule has 0 aromatic heterocycles. The lowest BCUT2D eigenvalue weighted by Crippen LogP contribution is -2.11. The predicted molar refractivity (Wildman–Crippen MR) is 537 cm³/mol. The zero-order valence-corrected chi connectivity index (χ0v) is 83.4. The van der Waals surface area contributed by atoms with Crippen LogP contribution in [0.15, 0.2) is 121 Å². The molecule has 0 unspecified atom stereocenters. The largest absolute Gasteiger partial charge is 0.504 e. The van der Waals surface area contributed by atoms with Gasteiger partial charge in [-0.2, -0.15) is 0 Å². The zero-order chi connectivity index (χ0) is 113. The average Bonchev–Trinajstić information content (AvgIpc) is 0.832. The van der Waals surface area contributed by atoms with Gasteiger partial charge >= 0.3 is 23.9 Å². The van der Waals surface area contributed by atoms with Crippen molar-refractivity contribution in [2.24, 2.45) is 47.3 Å². The third kappa shape index (κ3) is 41.3. The molecule has 10 aromatic carbocycles. The zero-order valence-electron chi connectivity index (χ0n) is 83.4. The van der Waals surface area contributed by atoms with E-state index in [0.29, 0.717) is 11.1 Å². The summed E-state index contributed by atoms with van der Waals surface area (Å²) in [5.74, 6) is -20.0. The Morgan fingerprint density at radius 1 is 0.182 bits per heavy atom.